The molecule has 3 amide bonds. The third-order valence-corrected chi connectivity index (χ3v) is 3.92. The summed E-state index contributed by atoms with van der Waals surface area (Å²) in [4.78, 5) is 24.1. The van der Waals surface area contributed by atoms with Gasteiger partial charge in [-0.3, -0.25) is 10.1 Å². The molecule has 2 aromatic rings. The van der Waals surface area contributed by atoms with Crippen molar-refractivity contribution in [1.29, 1.82) is 0 Å². The smallest absolute Gasteiger partial charge is 0.325 e. The molecule has 0 fully saturated rings. The van der Waals surface area contributed by atoms with Crippen LogP contribution in [0, 0.1) is 6.92 Å². The van der Waals surface area contributed by atoms with E-state index in [9.17, 15) is 9.59 Å². The van der Waals surface area contributed by atoms with Gasteiger partial charge in [0.15, 0.2) is 0 Å². The number of methoxy groups -OCH3 is 1. The van der Waals surface area contributed by atoms with Crippen LogP contribution < -0.4 is 20.7 Å². The molecule has 3 N–H and O–H groups in total. The second-order valence-corrected chi connectivity index (χ2v) is 5.88. The van der Waals surface area contributed by atoms with Crippen molar-refractivity contribution in [3.63, 3.8) is 0 Å². The average molecular weight is 362 g/mol. The molecule has 132 valence electrons. The Bertz CT molecular complexity index is 766. The maximum Gasteiger partial charge on any atom is 0.325 e. The summed E-state index contributed by atoms with van der Waals surface area (Å²) < 4.78 is 5.26. The summed E-state index contributed by atoms with van der Waals surface area (Å²) in [6.07, 6.45) is 0. The van der Waals surface area contributed by atoms with Crippen molar-refractivity contribution in [2.24, 2.45) is 0 Å². The molecule has 1 atom stereocenters. The van der Waals surface area contributed by atoms with Gasteiger partial charge >= 0.3 is 6.03 Å². The number of hydrogen-bond acceptors (Lipinski definition) is 4. The largest absolute Gasteiger partial charge is 0.495 e. The van der Waals surface area contributed by atoms with Crippen molar-refractivity contribution >= 4 is 34.9 Å². The van der Waals surface area contributed by atoms with Gasteiger partial charge in [0.05, 0.1) is 12.8 Å². The Hall–Kier alpha value is -2.73. The van der Waals surface area contributed by atoms with E-state index in [1.54, 1.807) is 43.3 Å². The lowest BCUT2D eigenvalue weighted by molar-refractivity contribution is -0.120. The van der Waals surface area contributed by atoms with Crippen molar-refractivity contribution < 1.29 is 14.3 Å². The lowest BCUT2D eigenvalue weighted by Gasteiger charge is -2.18. The second-order valence-electron chi connectivity index (χ2n) is 5.48. The van der Waals surface area contributed by atoms with Crippen LogP contribution in [0.1, 0.15) is 12.5 Å². The van der Waals surface area contributed by atoms with Gasteiger partial charge in [-0.2, -0.15) is 0 Å². The van der Waals surface area contributed by atoms with E-state index in [1.807, 2.05) is 13.0 Å². The van der Waals surface area contributed by atoms with Crippen molar-refractivity contribution in [2.75, 3.05) is 17.7 Å². The molecule has 0 heterocycles. The van der Waals surface area contributed by atoms with Crippen molar-refractivity contribution in [3.8, 4) is 5.75 Å². The predicted molar refractivity (Wildman–Crippen MR) is 99.4 cm³/mol. The number of imide groups is 1. The van der Waals surface area contributed by atoms with Gasteiger partial charge in [0.1, 0.15) is 11.8 Å². The van der Waals surface area contributed by atoms with E-state index in [2.05, 4.69) is 16.0 Å². The molecule has 0 aliphatic rings. The van der Waals surface area contributed by atoms with Crippen molar-refractivity contribution in [2.45, 2.75) is 19.9 Å². The van der Waals surface area contributed by atoms with Gasteiger partial charge in [-0.15, -0.1) is 0 Å². The number of nitrogens with one attached hydrogen (secondary N) is 3. The second kappa shape index (κ2) is 8.39. The number of hydrogen-bond donors (Lipinski definition) is 3. The molecule has 0 saturated carbocycles. The summed E-state index contributed by atoms with van der Waals surface area (Å²) in [5.41, 5.74) is 2.07. The van der Waals surface area contributed by atoms with Gasteiger partial charge in [-0.25, -0.2) is 4.79 Å². The van der Waals surface area contributed by atoms with Crippen LogP contribution in [0.2, 0.25) is 5.02 Å². The van der Waals surface area contributed by atoms with E-state index in [-0.39, 0.29) is 0 Å². The van der Waals surface area contributed by atoms with E-state index < -0.39 is 18.0 Å². The quantitative estimate of drug-likeness (QED) is 0.756. The van der Waals surface area contributed by atoms with Crippen LogP contribution in [0.5, 0.6) is 5.75 Å². The van der Waals surface area contributed by atoms with Gasteiger partial charge in [0, 0.05) is 16.8 Å². The molecule has 0 aliphatic carbocycles. The number of ether oxygens (including phenoxy) is 1. The molecule has 0 aliphatic heterocycles. The Balaban J connectivity index is 1.98. The number of carbonyl (C=O) groups excluding carboxylic acids is 2. The van der Waals surface area contributed by atoms with Gasteiger partial charge in [-0.05, 0) is 37.6 Å². The first-order valence-electron chi connectivity index (χ1n) is 7.68. The summed E-state index contributed by atoms with van der Waals surface area (Å²) >= 11 is 6.07. The molecule has 1 unspecified atom stereocenters. The number of para-hydroxylation sites is 1. The van der Waals surface area contributed by atoms with Gasteiger partial charge < -0.3 is 15.4 Å². The molecule has 0 aromatic heterocycles. The van der Waals surface area contributed by atoms with Crippen LogP contribution in [-0.4, -0.2) is 25.1 Å². The van der Waals surface area contributed by atoms with Crippen LogP contribution in [0.4, 0.5) is 16.2 Å². The predicted octanol–water partition coefficient (Wildman–Crippen LogP) is 3.81. The molecule has 6 nitrogen and oxygen atoms in total. The fraction of sp³-hybridized carbons (Fsp3) is 0.222. The Morgan fingerprint density at radius 2 is 1.84 bits per heavy atom. The molecule has 25 heavy (non-hydrogen) atoms. The molecule has 2 aromatic carbocycles. The van der Waals surface area contributed by atoms with Crippen LogP contribution in [0.25, 0.3) is 0 Å². The lowest BCUT2D eigenvalue weighted by Crippen LogP contribution is -2.43. The van der Waals surface area contributed by atoms with E-state index >= 15 is 0 Å². The summed E-state index contributed by atoms with van der Waals surface area (Å²) in [7, 11) is 1.52. The summed E-state index contributed by atoms with van der Waals surface area (Å²) in [6, 6.07) is 11.1. The first kappa shape index (κ1) is 18.6. The summed E-state index contributed by atoms with van der Waals surface area (Å²) in [5.74, 6) is 0.0482. The number of rotatable bonds is 5. The molecule has 0 bridgehead atoms. The third-order valence-electron chi connectivity index (χ3n) is 3.51. The van der Waals surface area contributed by atoms with Crippen LogP contribution >= 0.6 is 11.6 Å². The fourth-order valence-electron chi connectivity index (χ4n) is 2.15. The molecule has 7 heteroatoms. The van der Waals surface area contributed by atoms with Crippen LogP contribution in [0.15, 0.2) is 42.5 Å². The minimum absolute atomic E-state index is 0.469. The zero-order chi connectivity index (χ0) is 18.4. The Morgan fingerprint density at radius 3 is 2.48 bits per heavy atom. The highest BCUT2D eigenvalue weighted by Crippen LogP contribution is 2.31. The lowest BCUT2D eigenvalue weighted by atomic mass is 10.2. The molecule has 0 radical (unpaired) electrons. The maximum atomic E-state index is 12.2. The monoisotopic (exact) mass is 361 g/mol. The number of urea groups is 1. The minimum Gasteiger partial charge on any atom is -0.495 e. The Kier molecular flexibility index (Phi) is 6.25. The number of halogens is 1. The normalized spacial score (nSPS) is 11.4. The van der Waals surface area contributed by atoms with E-state index in [4.69, 9.17) is 16.3 Å². The van der Waals surface area contributed by atoms with E-state index in [0.717, 1.165) is 5.56 Å². The third kappa shape index (κ3) is 5.12. The van der Waals surface area contributed by atoms with Crippen LogP contribution in [0.3, 0.4) is 0 Å². The first-order chi connectivity index (χ1) is 11.9. The highest BCUT2D eigenvalue weighted by atomic mass is 35.5. The number of carbonyl (C=O) groups is 2. The van der Waals surface area contributed by atoms with Crippen molar-refractivity contribution in [1.82, 2.24) is 5.32 Å². The van der Waals surface area contributed by atoms with Crippen molar-refractivity contribution in [3.05, 3.63) is 53.1 Å². The number of amides is 3. The van der Waals surface area contributed by atoms with Gasteiger partial charge in [-0.1, -0.05) is 29.8 Å². The molecule has 0 saturated heterocycles. The zero-order valence-corrected chi connectivity index (χ0v) is 15.0. The average Bonchev–Trinajstić information content (AvgIpc) is 2.58. The Labute approximate surface area is 151 Å². The van der Waals surface area contributed by atoms with Crippen LogP contribution in [-0.2, 0) is 4.79 Å². The zero-order valence-electron chi connectivity index (χ0n) is 14.2. The topological polar surface area (TPSA) is 79.5 Å². The van der Waals surface area contributed by atoms with Gasteiger partial charge in [0.2, 0.25) is 5.91 Å². The minimum atomic E-state index is -0.656. The van der Waals surface area contributed by atoms with E-state index in [1.165, 1.54) is 7.11 Å². The first-order valence-corrected chi connectivity index (χ1v) is 8.06. The summed E-state index contributed by atoms with van der Waals surface area (Å²) in [5, 5.41) is 8.48. The molecular formula is C18H20ClN3O3. The highest BCUT2D eigenvalue weighted by molar-refractivity contribution is 6.31. The molecule has 2 rings (SSSR count). The maximum absolute atomic E-state index is 12.2. The standard InChI is InChI=1S/C18H20ClN3O3/c1-11-9-15(16(25-3)10-14(11)19)20-12(2)17(23)22-18(24)21-13-7-5-4-6-8-13/h4-10,12,20H,1-3H3,(H2,21,22,23,24). The Morgan fingerprint density at radius 1 is 1.16 bits per heavy atom. The van der Waals surface area contributed by atoms with E-state index in [0.29, 0.717) is 22.1 Å². The fourth-order valence-corrected chi connectivity index (χ4v) is 2.30. The SMILES string of the molecule is COc1cc(Cl)c(C)cc1NC(C)C(=O)NC(=O)Nc1ccccc1. The molecule has 0 spiro atoms. The number of aryl methyl sites for hydroxylation is 1. The highest BCUT2D eigenvalue weighted by Gasteiger charge is 2.18. The summed E-state index contributed by atoms with van der Waals surface area (Å²) in [6.45, 7) is 3.50. The number of anilines is 2. The molecular weight excluding hydrogens is 342 g/mol. The van der Waals surface area contributed by atoms with Gasteiger partial charge in [0.25, 0.3) is 0 Å². The number of benzene rings is 2.